The van der Waals surface area contributed by atoms with Crippen LogP contribution in [0.3, 0.4) is 0 Å². The molecule has 3 aromatic rings. The monoisotopic (exact) mass is 409 g/mol. The summed E-state index contributed by atoms with van der Waals surface area (Å²) in [5.74, 6) is 0.592. The molecule has 0 N–H and O–H groups in total. The molecule has 2 aliphatic heterocycles. The summed E-state index contributed by atoms with van der Waals surface area (Å²) < 4.78 is 19.6. The largest absolute Gasteiger partial charge is 0.484 e. The molecular formula is C21H23N5O4. The number of likely N-dealkylation sites (tertiary alicyclic amines) is 1. The van der Waals surface area contributed by atoms with Crippen LogP contribution in [0.1, 0.15) is 21.7 Å². The molecule has 0 unspecified atom stereocenters. The molecule has 30 heavy (non-hydrogen) atoms. The van der Waals surface area contributed by atoms with Gasteiger partial charge in [-0.3, -0.25) is 9.78 Å². The first kappa shape index (κ1) is 19.0. The number of aromatic nitrogens is 4. The summed E-state index contributed by atoms with van der Waals surface area (Å²) in [6, 6.07) is 5.66. The van der Waals surface area contributed by atoms with E-state index in [0.29, 0.717) is 37.6 Å². The molecule has 156 valence electrons. The van der Waals surface area contributed by atoms with Crippen molar-refractivity contribution in [2.24, 2.45) is 0 Å². The number of fused-ring (bicyclic) bond motifs is 2. The third-order valence-corrected chi connectivity index (χ3v) is 5.36. The fourth-order valence-corrected chi connectivity index (χ4v) is 3.81. The first-order valence-electron chi connectivity index (χ1n) is 9.99. The van der Waals surface area contributed by atoms with E-state index in [1.165, 1.54) is 0 Å². The number of ether oxygens (including phenoxy) is 3. The smallest absolute Gasteiger partial charge is 0.257 e. The summed E-state index contributed by atoms with van der Waals surface area (Å²) in [5.41, 5.74) is 3.01. The Labute approximate surface area is 173 Å². The van der Waals surface area contributed by atoms with Crippen LogP contribution in [0.5, 0.6) is 5.75 Å². The van der Waals surface area contributed by atoms with E-state index in [0.717, 1.165) is 17.0 Å². The minimum absolute atomic E-state index is 0.101. The van der Waals surface area contributed by atoms with Crippen molar-refractivity contribution in [3.63, 3.8) is 0 Å². The maximum Gasteiger partial charge on any atom is 0.257 e. The predicted octanol–water partition coefficient (Wildman–Crippen LogP) is 1.43. The van der Waals surface area contributed by atoms with Crippen molar-refractivity contribution in [2.45, 2.75) is 32.2 Å². The van der Waals surface area contributed by atoms with E-state index in [-0.39, 0.29) is 24.2 Å². The minimum atomic E-state index is -0.209. The van der Waals surface area contributed by atoms with Gasteiger partial charge in [0.2, 0.25) is 0 Å². The summed E-state index contributed by atoms with van der Waals surface area (Å²) in [6.07, 6.45) is 4.44. The van der Waals surface area contributed by atoms with Gasteiger partial charge in [0.05, 0.1) is 30.7 Å². The fraction of sp³-hybridized carbons (Fsp3) is 0.429. The molecule has 2 aliphatic rings. The average Bonchev–Trinajstić information content (AvgIpc) is 3.27. The van der Waals surface area contributed by atoms with Gasteiger partial charge in [-0.05, 0) is 26.0 Å². The quantitative estimate of drug-likeness (QED) is 0.646. The standard InChI is InChI=1S/C21H23N5O4/c1-13-3-4-16(7-22-13)30-17-11-28-18-9-25(10-19(18)29-12-17)21(27)15-6-23-20-5-14(2)24-26(20)8-15/h3-8,17-19H,9-12H2,1-2H3/t18-,19-/m0/s1. The second-order valence-corrected chi connectivity index (χ2v) is 7.76. The number of hydrogen-bond donors (Lipinski definition) is 0. The molecular weight excluding hydrogens is 386 g/mol. The molecule has 0 radical (unpaired) electrons. The Kier molecular flexibility index (Phi) is 4.84. The number of carbonyl (C=O) groups excluding carboxylic acids is 1. The van der Waals surface area contributed by atoms with Crippen LogP contribution >= 0.6 is 0 Å². The summed E-state index contributed by atoms with van der Waals surface area (Å²) in [6.45, 7) is 5.57. The highest BCUT2D eigenvalue weighted by Gasteiger charge is 2.40. The lowest BCUT2D eigenvalue weighted by Crippen LogP contribution is -2.33. The number of hydrogen-bond acceptors (Lipinski definition) is 7. The zero-order valence-corrected chi connectivity index (χ0v) is 16.9. The highest BCUT2D eigenvalue weighted by atomic mass is 16.6. The van der Waals surface area contributed by atoms with Crippen molar-refractivity contribution in [3.8, 4) is 5.75 Å². The summed E-state index contributed by atoms with van der Waals surface area (Å²) in [4.78, 5) is 23.3. The Morgan fingerprint density at radius 3 is 2.53 bits per heavy atom. The van der Waals surface area contributed by atoms with Crippen molar-refractivity contribution in [1.82, 2.24) is 24.5 Å². The molecule has 2 saturated heterocycles. The molecule has 3 aromatic heterocycles. The number of pyridine rings is 1. The van der Waals surface area contributed by atoms with Crippen LogP contribution < -0.4 is 4.74 Å². The van der Waals surface area contributed by atoms with E-state index in [2.05, 4.69) is 15.1 Å². The Morgan fingerprint density at radius 2 is 1.83 bits per heavy atom. The number of amides is 1. The van der Waals surface area contributed by atoms with Crippen LogP contribution in [0.25, 0.3) is 5.65 Å². The molecule has 5 rings (SSSR count). The first-order chi connectivity index (χ1) is 14.5. The van der Waals surface area contributed by atoms with Gasteiger partial charge in [0.15, 0.2) is 5.65 Å². The van der Waals surface area contributed by atoms with Crippen LogP contribution in [-0.2, 0) is 9.47 Å². The number of carbonyl (C=O) groups is 1. The van der Waals surface area contributed by atoms with E-state index >= 15 is 0 Å². The lowest BCUT2D eigenvalue weighted by Gasteiger charge is -2.19. The Hall–Kier alpha value is -3.04. The van der Waals surface area contributed by atoms with E-state index < -0.39 is 0 Å². The van der Waals surface area contributed by atoms with Gasteiger partial charge in [-0.1, -0.05) is 0 Å². The average molecular weight is 409 g/mol. The molecule has 9 nitrogen and oxygen atoms in total. The van der Waals surface area contributed by atoms with E-state index in [4.69, 9.17) is 14.2 Å². The van der Waals surface area contributed by atoms with Crippen LogP contribution in [0.15, 0.2) is 36.8 Å². The van der Waals surface area contributed by atoms with Crippen molar-refractivity contribution in [1.29, 1.82) is 0 Å². The third-order valence-electron chi connectivity index (χ3n) is 5.36. The zero-order valence-electron chi connectivity index (χ0n) is 16.9. The van der Waals surface area contributed by atoms with Gasteiger partial charge in [-0.25, -0.2) is 9.50 Å². The molecule has 0 aromatic carbocycles. The van der Waals surface area contributed by atoms with Crippen molar-refractivity contribution in [3.05, 3.63) is 53.7 Å². The van der Waals surface area contributed by atoms with Gasteiger partial charge in [0, 0.05) is 37.2 Å². The van der Waals surface area contributed by atoms with Gasteiger partial charge in [-0.2, -0.15) is 5.10 Å². The van der Waals surface area contributed by atoms with Gasteiger partial charge >= 0.3 is 0 Å². The molecule has 1 amide bonds. The molecule has 0 bridgehead atoms. The second kappa shape index (κ2) is 7.66. The maximum atomic E-state index is 13.0. The summed E-state index contributed by atoms with van der Waals surface area (Å²) in [7, 11) is 0. The number of aryl methyl sites for hydroxylation is 2. The predicted molar refractivity (Wildman–Crippen MR) is 106 cm³/mol. The normalized spacial score (nSPS) is 22.1. The Bertz CT molecular complexity index is 1050. The molecule has 0 spiro atoms. The first-order valence-corrected chi connectivity index (χ1v) is 9.99. The van der Waals surface area contributed by atoms with Crippen LogP contribution in [0.2, 0.25) is 0 Å². The second-order valence-electron chi connectivity index (χ2n) is 7.76. The molecule has 5 heterocycles. The van der Waals surface area contributed by atoms with E-state index in [9.17, 15) is 4.79 Å². The van der Waals surface area contributed by atoms with E-state index in [1.54, 1.807) is 28.0 Å². The van der Waals surface area contributed by atoms with Crippen LogP contribution in [-0.4, -0.2) is 75.0 Å². The van der Waals surface area contributed by atoms with Crippen LogP contribution in [0, 0.1) is 13.8 Å². The SMILES string of the molecule is Cc1ccc(OC2CO[C@H]3CN(C(=O)c4cnc5cc(C)nn5c4)C[C@@H]3OC2)cn1. The topological polar surface area (TPSA) is 91.1 Å². The summed E-state index contributed by atoms with van der Waals surface area (Å²) >= 11 is 0. The highest BCUT2D eigenvalue weighted by Crippen LogP contribution is 2.23. The fourth-order valence-electron chi connectivity index (χ4n) is 3.81. The Morgan fingerprint density at radius 1 is 1.07 bits per heavy atom. The van der Waals surface area contributed by atoms with Gasteiger partial charge in [0.1, 0.15) is 24.1 Å². The zero-order chi connectivity index (χ0) is 20.7. The van der Waals surface area contributed by atoms with Gasteiger partial charge in [-0.15, -0.1) is 0 Å². The minimum Gasteiger partial charge on any atom is -0.484 e. The lowest BCUT2D eigenvalue weighted by molar-refractivity contribution is -0.00461. The van der Waals surface area contributed by atoms with Crippen molar-refractivity contribution >= 4 is 11.6 Å². The number of nitrogens with zero attached hydrogens (tertiary/aromatic N) is 5. The molecule has 2 fully saturated rings. The van der Waals surface area contributed by atoms with E-state index in [1.807, 2.05) is 32.0 Å². The summed E-state index contributed by atoms with van der Waals surface area (Å²) in [5, 5.41) is 4.33. The third kappa shape index (κ3) is 3.73. The lowest BCUT2D eigenvalue weighted by atomic mass is 10.3. The van der Waals surface area contributed by atoms with Gasteiger partial charge in [0.25, 0.3) is 5.91 Å². The maximum absolute atomic E-state index is 13.0. The highest BCUT2D eigenvalue weighted by molar-refractivity contribution is 5.94. The van der Waals surface area contributed by atoms with Crippen LogP contribution in [0.4, 0.5) is 0 Å². The van der Waals surface area contributed by atoms with Crippen molar-refractivity contribution < 1.29 is 19.0 Å². The molecule has 2 atom stereocenters. The molecule has 0 aliphatic carbocycles. The van der Waals surface area contributed by atoms with Gasteiger partial charge < -0.3 is 19.1 Å². The molecule has 0 saturated carbocycles. The number of rotatable bonds is 3. The Balaban J connectivity index is 1.21. The van der Waals surface area contributed by atoms with Crippen molar-refractivity contribution in [2.75, 3.05) is 26.3 Å². The molecule has 9 heteroatoms.